The molecule has 92 valence electrons. The van der Waals surface area contributed by atoms with Crippen LogP contribution in [0.1, 0.15) is 20.8 Å². The van der Waals surface area contributed by atoms with Crippen LogP contribution in [0.2, 0.25) is 0 Å². The largest absolute Gasteiger partial charge is 0.492 e. The van der Waals surface area contributed by atoms with E-state index in [0.717, 1.165) is 22.4 Å². The summed E-state index contributed by atoms with van der Waals surface area (Å²) in [5, 5.41) is 4.31. The minimum atomic E-state index is 0.0353. The van der Waals surface area contributed by atoms with Crippen molar-refractivity contribution < 1.29 is 4.74 Å². The zero-order valence-corrected chi connectivity index (χ0v) is 11.3. The van der Waals surface area contributed by atoms with Gasteiger partial charge >= 0.3 is 0 Å². The number of para-hydroxylation sites is 2. The van der Waals surface area contributed by atoms with Crippen LogP contribution in [0.25, 0.3) is 0 Å². The number of nitrogens with zero attached hydrogens (tertiary/aromatic N) is 1. The third-order valence-electron chi connectivity index (χ3n) is 2.39. The summed E-state index contributed by atoms with van der Waals surface area (Å²) in [6.45, 7) is 6.94. The molecule has 0 aliphatic carbocycles. The lowest BCUT2D eigenvalue weighted by Crippen LogP contribution is -2.15. The molecule has 2 rings (SSSR count). The van der Waals surface area contributed by atoms with E-state index >= 15 is 0 Å². The fourth-order valence-electron chi connectivity index (χ4n) is 1.61. The first-order chi connectivity index (χ1) is 8.11. The van der Waals surface area contributed by atoms with E-state index in [9.17, 15) is 0 Å². The topological polar surface area (TPSA) is 33.6 Å². The van der Waals surface area contributed by atoms with Crippen LogP contribution in [0.4, 0.5) is 5.69 Å². The van der Waals surface area contributed by atoms with Crippen molar-refractivity contribution in [1.29, 1.82) is 0 Å². The smallest absolute Gasteiger partial charge is 0.161 e. The highest BCUT2D eigenvalue weighted by Gasteiger charge is 2.25. The highest BCUT2D eigenvalue weighted by atomic mass is 32.2. The number of amidine groups is 1. The Morgan fingerprint density at radius 3 is 2.82 bits per heavy atom. The fraction of sp³-hybridized carbons (Fsp3) is 0.462. The molecule has 0 unspecified atom stereocenters. The van der Waals surface area contributed by atoms with E-state index in [4.69, 9.17) is 4.74 Å². The average Bonchev–Trinajstić information content (AvgIpc) is 2.61. The predicted molar refractivity (Wildman–Crippen MR) is 75.2 cm³/mol. The zero-order valence-electron chi connectivity index (χ0n) is 10.5. The summed E-state index contributed by atoms with van der Waals surface area (Å²) in [4.78, 5) is 4.63. The minimum Gasteiger partial charge on any atom is -0.492 e. The van der Waals surface area contributed by atoms with E-state index in [1.807, 2.05) is 31.2 Å². The van der Waals surface area contributed by atoms with Gasteiger partial charge < -0.3 is 10.1 Å². The molecule has 0 amide bonds. The molecule has 0 fully saturated rings. The molecule has 0 spiro atoms. The quantitative estimate of drug-likeness (QED) is 0.893. The van der Waals surface area contributed by atoms with Crippen molar-refractivity contribution >= 4 is 22.6 Å². The molecule has 4 heteroatoms. The second-order valence-corrected chi connectivity index (χ2v) is 5.54. The van der Waals surface area contributed by atoms with Crippen molar-refractivity contribution in [1.82, 2.24) is 0 Å². The number of hydrogen-bond acceptors (Lipinski definition) is 4. The number of anilines is 1. The van der Waals surface area contributed by atoms with Crippen LogP contribution in [-0.2, 0) is 0 Å². The summed E-state index contributed by atoms with van der Waals surface area (Å²) in [5.74, 6) is 1.90. The van der Waals surface area contributed by atoms with Gasteiger partial charge in [-0.25, -0.2) is 0 Å². The number of ether oxygens (including phenoxy) is 1. The fourth-order valence-corrected chi connectivity index (χ4v) is 2.66. The van der Waals surface area contributed by atoms with Gasteiger partial charge in [-0.2, -0.15) is 0 Å². The summed E-state index contributed by atoms with van der Waals surface area (Å²) in [6, 6.07) is 7.95. The van der Waals surface area contributed by atoms with Gasteiger partial charge in [0.05, 0.1) is 17.8 Å². The third kappa shape index (κ3) is 3.16. The number of aliphatic imine (C=N–C) groups is 1. The van der Waals surface area contributed by atoms with E-state index in [1.165, 1.54) is 0 Å². The molecule has 0 saturated carbocycles. The zero-order chi connectivity index (χ0) is 12.3. The molecule has 0 aromatic heterocycles. The van der Waals surface area contributed by atoms with Gasteiger partial charge in [0.1, 0.15) is 5.75 Å². The minimum absolute atomic E-state index is 0.0353. The van der Waals surface area contributed by atoms with Gasteiger partial charge in [0, 0.05) is 5.75 Å². The van der Waals surface area contributed by atoms with Gasteiger partial charge in [-0.3, -0.25) is 4.99 Å². The molecule has 1 N–H and O–H groups in total. The van der Waals surface area contributed by atoms with Crippen LogP contribution >= 0.6 is 11.8 Å². The summed E-state index contributed by atoms with van der Waals surface area (Å²) in [5.41, 5.74) is 1.02. The Morgan fingerprint density at radius 1 is 1.41 bits per heavy atom. The van der Waals surface area contributed by atoms with Crippen molar-refractivity contribution in [2.24, 2.45) is 4.99 Å². The standard InChI is InChI=1S/C13H18N2OS/c1-4-16-11-8-6-5-7-10(11)14-12-15-13(2,3)9-17-12/h5-8H,4,9H2,1-3H3,(H,14,15). The highest BCUT2D eigenvalue weighted by molar-refractivity contribution is 8.14. The van der Waals surface area contributed by atoms with Crippen LogP contribution in [-0.4, -0.2) is 23.1 Å². The molecule has 1 aliphatic rings. The van der Waals surface area contributed by atoms with Crippen molar-refractivity contribution in [2.75, 3.05) is 17.7 Å². The Kier molecular flexibility index (Phi) is 3.62. The molecule has 0 saturated heterocycles. The molecular formula is C13H18N2OS. The Hall–Kier alpha value is -1.16. The lowest BCUT2D eigenvalue weighted by Gasteiger charge is -2.11. The molecule has 1 aromatic rings. The Morgan fingerprint density at radius 2 is 2.18 bits per heavy atom. The Bertz CT molecular complexity index is 429. The van der Waals surface area contributed by atoms with Crippen LogP contribution in [0.15, 0.2) is 29.3 Å². The number of thioether (sulfide) groups is 1. The molecule has 0 bridgehead atoms. The van der Waals surface area contributed by atoms with Crippen LogP contribution in [0.3, 0.4) is 0 Å². The highest BCUT2D eigenvalue weighted by Crippen LogP contribution is 2.30. The molecular weight excluding hydrogens is 232 g/mol. The number of nitrogens with one attached hydrogen (secondary N) is 1. The van der Waals surface area contributed by atoms with Crippen LogP contribution < -0.4 is 10.1 Å². The van der Waals surface area contributed by atoms with Crippen LogP contribution in [0, 0.1) is 0 Å². The van der Waals surface area contributed by atoms with Gasteiger partial charge in [-0.05, 0) is 32.9 Å². The maximum atomic E-state index is 5.57. The Balaban J connectivity index is 2.14. The lowest BCUT2D eigenvalue weighted by atomic mass is 10.1. The van der Waals surface area contributed by atoms with E-state index in [-0.39, 0.29) is 5.54 Å². The molecule has 3 nitrogen and oxygen atoms in total. The first-order valence-corrected chi connectivity index (χ1v) is 6.81. The van der Waals surface area contributed by atoms with Crippen molar-refractivity contribution in [3.8, 4) is 5.75 Å². The second-order valence-electron chi connectivity index (χ2n) is 4.57. The Labute approximate surface area is 107 Å². The van der Waals surface area contributed by atoms with Gasteiger partial charge in [-0.15, -0.1) is 0 Å². The summed E-state index contributed by atoms with van der Waals surface area (Å²) in [7, 11) is 0. The van der Waals surface area contributed by atoms with E-state index in [1.54, 1.807) is 11.8 Å². The van der Waals surface area contributed by atoms with Gasteiger partial charge in [0.2, 0.25) is 0 Å². The van der Waals surface area contributed by atoms with Gasteiger partial charge in [0.15, 0.2) is 5.17 Å². The molecule has 17 heavy (non-hydrogen) atoms. The van der Waals surface area contributed by atoms with Gasteiger partial charge in [0.25, 0.3) is 0 Å². The van der Waals surface area contributed by atoms with E-state index in [0.29, 0.717) is 6.61 Å². The number of hydrogen-bond donors (Lipinski definition) is 1. The third-order valence-corrected chi connectivity index (χ3v) is 3.71. The van der Waals surface area contributed by atoms with Crippen molar-refractivity contribution in [3.63, 3.8) is 0 Å². The normalized spacial score (nSPS) is 17.7. The lowest BCUT2D eigenvalue weighted by molar-refractivity contribution is 0.342. The first-order valence-electron chi connectivity index (χ1n) is 5.82. The molecule has 1 aromatic carbocycles. The molecule has 1 heterocycles. The SMILES string of the molecule is CCOc1ccccc1NC1=NC(C)(C)CS1. The molecule has 0 atom stereocenters. The number of benzene rings is 1. The monoisotopic (exact) mass is 250 g/mol. The molecule has 1 aliphatic heterocycles. The van der Waals surface area contributed by atoms with Gasteiger partial charge in [-0.1, -0.05) is 23.9 Å². The van der Waals surface area contributed by atoms with E-state index < -0.39 is 0 Å². The second kappa shape index (κ2) is 5.00. The summed E-state index contributed by atoms with van der Waals surface area (Å²) in [6.07, 6.45) is 0. The van der Waals surface area contributed by atoms with Crippen LogP contribution in [0.5, 0.6) is 5.75 Å². The summed E-state index contributed by atoms with van der Waals surface area (Å²) < 4.78 is 5.57. The molecule has 0 radical (unpaired) electrons. The maximum Gasteiger partial charge on any atom is 0.161 e. The van der Waals surface area contributed by atoms with Crippen molar-refractivity contribution in [3.05, 3.63) is 24.3 Å². The first kappa shape index (κ1) is 12.3. The maximum absolute atomic E-state index is 5.57. The number of rotatable bonds is 3. The van der Waals surface area contributed by atoms with E-state index in [2.05, 4.69) is 24.2 Å². The van der Waals surface area contributed by atoms with Crippen molar-refractivity contribution in [2.45, 2.75) is 26.3 Å². The predicted octanol–water partition coefficient (Wildman–Crippen LogP) is 3.38. The average molecular weight is 250 g/mol. The summed E-state index contributed by atoms with van der Waals surface area (Å²) >= 11 is 1.75.